The van der Waals surface area contributed by atoms with Gasteiger partial charge in [-0.3, -0.25) is 0 Å². The zero-order valence-electron chi connectivity index (χ0n) is 8.13. The Bertz CT molecular complexity index is 384. The molecule has 1 aliphatic heterocycles. The highest BCUT2D eigenvalue weighted by molar-refractivity contribution is 14.1. The van der Waals surface area contributed by atoms with Gasteiger partial charge < -0.3 is 5.32 Å². The molecule has 3 nitrogen and oxygen atoms in total. The summed E-state index contributed by atoms with van der Waals surface area (Å²) in [6.45, 7) is 1.01. The SMILES string of the molecule is Clc1ccc(I)c(/N=C2/CCCCN2)n1. The predicted molar refractivity (Wildman–Crippen MR) is 70.9 cm³/mol. The number of nitrogens with one attached hydrogen (secondary N) is 1. The molecule has 1 saturated heterocycles. The third-order valence-corrected chi connectivity index (χ3v) is 3.26. The van der Waals surface area contributed by atoms with Crippen molar-refractivity contribution < 1.29 is 0 Å². The Morgan fingerprint density at radius 3 is 3.00 bits per heavy atom. The second-order valence-corrected chi connectivity index (χ2v) is 4.93. The van der Waals surface area contributed by atoms with Crippen LogP contribution in [0.1, 0.15) is 19.3 Å². The molecule has 1 aliphatic rings. The summed E-state index contributed by atoms with van der Waals surface area (Å²) in [5.41, 5.74) is 0. The van der Waals surface area contributed by atoms with E-state index in [1.54, 1.807) is 6.07 Å². The van der Waals surface area contributed by atoms with Gasteiger partial charge in [-0.15, -0.1) is 0 Å². The van der Waals surface area contributed by atoms with Crippen molar-refractivity contribution >= 4 is 45.8 Å². The Hall–Kier alpha value is -0.360. The fraction of sp³-hybridized carbons (Fsp3) is 0.400. The average molecular weight is 336 g/mol. The standard InChI is InChI=1S/C10H11ClIN3/c11-8-5-4-7(12)10(14-8)15-9-3-1-2-6-13-9/h4-5H,1-3,6H2,(H,13,14,15). The Balaban J connectivity index is 2.25. The van der Waals surface area contributed by atoms with E-state index in [9.17, 15) is 0 Å². The molecule has 0 aromatic carbocycles. The molecule has 0 amide bonds. The number of aromatic nitrogens is 1. The first-order valence-electron chi connectivity index (χ1n) is 4.89. The van der Waals surface area contributed by atoms with Crippen molar-refractivity contribution in [1.82, 2.24) is 10.3 Å². The number of halogens is 2. The van der Waals surface area contributed by atoms with Crippen molar-refractivity contribution in [3.63, 3.8) is 0 Å². The number of rotatable bonds is 1. The quantitative estimate of drug-likeness (QED) is 0.632. The lowest BCUT2D eigenvalue weighted by atomic mass is 10.1. The molecular formula is C10H11ClIN3. The van der Waals surface area contributed by atoms with Gasteiger partial charge in [0, 0.05) is 13.0 Å². The van der Waals surface area contributed by atoms with Crippen LogP contribution in [0.3, 0.4) is 0 Å². The van der Waals surface area contributed by atoms with Gasteiger partial charge in [0.15, 0.2) is 5.82 Å². The van der Waals surface area contributed by atoms with Crippen molar-refractivity contribution in [2.75, 3.05) is 6.54 Å². The van der Waals surface area contributed by atoms with Crippen molar-refractivity contribution in [3.05, 3.63) is 20.9 Å². The Kier molecular flexibility index (Phi) is 3.80. The van der Waals surface area contributed by atoms with Crippen LogP contribution in [-0.4, -0.2) is 17.4 Å². The molecule has 1 fully saturated rings. The van der Waals surface area contributed by atoms with E-state index in [4.69, 9.17) is 11.6 Å². The van der Waals surface area contributed by atoms with E-state index in [0.29, 0.717) is 11.0 Å². The van der Waals surface area contributed by atoms with Crippen LogP contribution < -0.4 is 5.32 Å². The third kappa shape index (κ3) is 3.04. The molecule has 80 valence electrons. The summed E-state index contributed by atoms with van der Waals surface area (Å²) in [5, 5.41) is 3.77. The van der Waals surface area contributed by atoms with Crippen LogP contribution in [0.4, 0.5) is 5.82 Å². The van der Waals surface area contributed by atoms with Crippen molar-refractivity contribution in [2.45, 2.75) is 19.3 Å². The summed E-state index contributed by atoms with van der Waals surface area (Å²) in [6, 6.07) is 3.71. The van der Waals surface area contributed by atoms with Gasteiger partial charge in [0.1, 0.15) is 11.0 Å². The van der Waals surface area contributed by atoms with E-state index >= 15 is 0 Å². The highest BCUT2D eigenvalue weighted by Gasteiger charge is 2.07. The number of pyridine rings is 1. The van der Waals surface area contributed by atoms with E-state index in [-0.39, 0.29) is 0 Å². The monoisotopic (exact) mass is 335 g/mol. The zero-order valence-corrected chi connectivity index (χ0v) is 11.0. The second-order valence-electron chi connectivity index (χ2n) is 3.38. The first-order valence-corrected chi connectivity index (χ1v) is 6.35. The first kappa shape index (κ1) is 11.1. The molecule has 0 radical (unpaired) electrons. The van der Waals surface area contributed by atoms with Crippen LogP contribution in [0.2, 0.25) is 5.15 Å². The molecule has 0 saturated carbocycles. The number of aliphatic imine (C=N–C) groups is 1. The minimum atomic E-state index is 0.491. The fourth-order valence-electron chi connectivity index (χ4n) is 1.45. The van der Waals surface area contributed by atoms with Crippen LogP contribution in [0.25, 0.3) is 0 Å². The van der Waals surface area contributed by atoms with Crippen LogP contribution in [0, 0.1) is 3.57 Å². The summed E-state index contributed by atoms with van der Waals surface area (Å²) in [4.78, 5) is 8.68. The molecule has 15 heavy (non-hydrogen) atoms. The molecule has 0 spiro atoms. The lowest BCUT2D eigenvalue weighted by molar-refractivity contribution is 0.669. The van der Waals surface area contributed by atoms with Crippen molar-refractivity contribution in [3.8, 4) is 0 Å². The minimum absolute atomic E-state index is 0.491. The van der Waals surface area contributed by atoms with E-state index in [0.717, 1.165) is 22.4 Å². The molecule has 0 unspecified atom stereocenters. The number of piperidine rings is 1. The van der Waals surface area contributed by atoms with Gasteiger partial charge >= 0.3 is 0 Å². The normalized spacial score (nSPS) is 18.9. The van der Waals surface area contributed by atoms with Gasteiger partial charge in [0.2, 0.25) is 0 Å². The summed E-state index contributed by atoms with van der Waals surface area (Å²) in [7, 11) is 0. The van der Waals surface area contributed by atoms with Crippen LogP contribution in [0.15, 0.2) is 17.1 Å². The van der Waals surface area contributed by atoms with Gasteiger partial charge in [-0.1, -0.05) is 11.6 Å². The van der Waals surface area contributed by atoms with Crippen LogP contribution in [0.5, 0.6) is 0 Å². The third-order valence-electron chi connectivity index (χ3n) is 2.20. The molecule has 2 rings (SSSR count). The lowest BCUT2D eigenvalue weighted by Gasteiger charge is -2.15. The molecular weight excluding hydrogens is 324 g/mol. The maximum absolute atomic E-state index is 5.83. The maximum Gasteiger partial charge on any atom is 0.168 e. The smallest absolute Gasteiger partial charge is 0.168 e. The number of hydrogen-bond acceptors (Lipinski definition) is 2. The number of nitrogens with zero attached hydrogens (tertiary/aromatic N) is 2. The topological polar surface area (TPSA) is 37.3 Å². The second kappa shape index (κ2) is 5.12. The van der Waals surface area contributed by atoms with Crippen molar-refractivity contribution in [2.24, 2.45) is 4.99 Å². The molecule has 0 bridgehead atoms. The predicted octanol–water partition coefficient (Wildman–Crippen LogP) is 3.14. The lowest BCUT2D eigenvalue weighted by Crippen LogP contribution is -2.28. The van der Waals surface area contributed by atoms with Crippen molar-refractivity contribution in [1.29, 1.82) is 0 Å². The molecule has 1 N–H and O–H groups in total. The van der Waals surface area contributed by atoms with Crippen LogP contribution >= 0.6 is 34.2 Å². The highest BCUT2D eigenvalue weighted by atomic mass is 127. The van der Waals surface area contributed by atoms with E-state index in [2.05, 4.69) is 37.9 Å². The average Bonchev–Trinajstić information content (AvgIpc) is 2.25. The minimum Gasteiger partial charge on any atom is -0.373 e. The Morgan fingerprint density at radius 2 is 2.27 bits per heavy atom. The molecule has 1 aromatic heterocycles. The summed E-state index contributed by atoms with van der Waals surface area (Å²) < 4.78 is 1.02. The molecule has 1 aromatic rings. The van der Waals surface area contributed by atoms with E-state index in [1.807, 2.05) is 6.07 Å². The largest absolute Gasteiger partial charge is 0.373 e. The number of hydrogen-bond donors (Lipinski definition) is 1. The van der Waals surface area contributed by atoms with Crippen LogP contribution in [-0.2, 0) is 0 Å². The van der Waals surface area contributed by atoms with Gasteiger partial charge in [0.05, 0.1) is 3.57 Å². The van der Waals surface area contributed by atoms with Gasteiger partial charge in [-0.05, 0) is 47.6 Å². The van der Waals surface area contributed by atoms with E-state index in [1.165, 1.54) is 12.8 Å². The molecule has 2 heterocycles. The summed E-state index contributed by atoms with van der Waals surface area (Å²) in [5.74, 6) is 1.74. The Labute approximate surface area is 107 Å². The number of amidine groups is 1. The first-order chi connectivity index (χ1) is 7.25. The molecule has 5 heteroatoms. The Morgan fingerprint density at radius 1 is 1.40 bits per heavy atom. The molecule has 0 atom stereocenters. The van der Waals surface area contributed by atoms with E-state index < -0.39 is 0 Å². The summed E-state index contributed by atoms with van der Waals surface area (Å²) >= 11 is 8.05. The highest BCUT2D eigenvalue weighted by Crippen LogP contribution is 2.21. The fourth-order valence-corrected chi connectivity index (χ4v) is 2.01. The van der Waals surface area contributed by atoms with Gasteiger partial charge in [-0.2, -0.15) is 0 Å². The van der Waals surface area contributed by atoms with Gasteiger partial charge in [0.25, 0.3) is 0 Å². The maximum atomic E-state index is 5.83. The van der Waals surface area contributed by atoms with Gasteiger partial charge in [-0.25, -0.2) is 9.98 Å². The molecule has 0 aliphatic carbocycles. The zero-order chi connectivity index (χ0) is 10.7. The summed E-state index contributed by atoms with van der Waals surface area (Å²) in [6.07, 6.45) is 3.42.